The van der Waals surface area contributed by atoms with Crippen LogP contribution >= 0.6 is 0 Å². The summed E-state index contributed by atoms with van der Waals surface area (Å²) in [7, 11) is 0. The molecule has 2 aromatic carbocycles. The first-order valence-corrected chi connectivity index (χ1v) is 14.3. The summed E-state index contributed by atoms with van der Waals surface area (Å²) < 4.78 is 0. The average Bonchev–Trinajstić information content (AvgIpc) is 3.77. The Hall–Kier alpha value is -5.10. The van der Waals surface area contributed by atoms with E-state index in [1.54, 1.807) is 0 Å². The van der Waals surface area contributed by atoms with Crippen LogP contribution in [0.2, 0.25) is 0 Å². The fourth-order valence-electron chi connectivity index (χ4n) is 6.06. The van der Waals surface area contributed by atoms with Gasteiger partial charge in [0.2, 0.25) is 0 Å². The lowest BCUT2D eigenvalue weighted by Crippen LogP contribution is -2.30. The smallest absolute Gasteiger partial charge is 0.0733 e. The molecule has 2 aromatic heterocycles. The van der Waals surface area contributed by atoms with Gasteiger partial charge < -0.3 is 21.4 Å². The molecule has 5 heterocycles. The fraction of sp³-hybridized carbons (Fsp3) is 0.167. The lowest BCUT2D eigenvalue weighted by atomic mass is 9.82. The van der Waals surface area contributed by atoms with Crippen LogP contribution in [0.15, 0.2) is 118 Å². The second-order valence-electron chi connectivity index (χ2n) is 12.3. The zero-order valence-electron chi connectivity index (χ0n) is 24.3. The third-order valence-electron chi connectivity index (χ3n) is 8.68. The fourth-order valence-corrected chi connectivity index (χ4v) is 6.06. The molecule has 6 heteroatoms. The molecule has 8 bridgehead atoms. The van der Waals surface area contributed by atoms with Gasteiger partial charge >= 0.3 is 0 Å². The van der Waals surface area contributed by atoms with E-state index in [-0.39, 0.29) is 5.41 Å². The van der Waals surface area contributed by atoms with Crippen LogP contribution in [0.4, 0.5) is 11.4 Å². The molecule has 7 rings (SSSR count). The Balaban J connectivity index is 1.51. The van der Waals surface area contributed by atoms with E-state index in [1.165, 1.54) is 0 Å². The molecule has 6 nitrogen and oxygen atoms in total. The van der Waals surface area contributed by atoms with E-state index in [4.69, 9.17) is 21.5 Å². The number of aromatic nitrogens is 2. The van der Waals surface area contributed by atoms with Crippen LogP contribution < -0.4 is 11.5 Å². The predicted molar refractivity (Wildman–Crippen MR) is 174 cm³/mol. The van der Waals surface area contributed by atoms with E-state index in [2.05, 4.69) is 98.4 Å². The number of H-pyrrole nitrogens is 2. The minimum Gasteiger partial charge on any atom is -0.399 e. The number of benzene rings is 2. The average molecular weight is 551 g/mol. The van der Waals surface area contributed by atoms with E-state index in [0.29, 0.717) is 11.4 Å². The Labute approximate surface area is 246 Å². The highest BCUT2D eigenvalue weighted by Gasteiger charge is 2.34. The van der Waals surface area contributed by atoms with Gasteiger partial charge in [-0.05, 0) is 112 Å². The standard InChI is InChI=1S/C36H34N6/c1-35(2)29-15-11-25(39-29)33(21-7-5-9-23(37)19-21)27-13-17-31(41-27)36(3,4)32-18-14-28(42-32)34(26-12-16-30(35)40-26)22-8-6-10-24(38)20-22/h5-20,39-40H,37-38H2,1-4H3/b33-27-,34-28-. The summed E-state index contributed by atoms with van der Waals surface area (Å²) >= 11 is 0. The number of fused-ring (bicyclic) bond motifs is 6. The number of anilines is 2. The van der Waals surface area contributed by atoms with Crippen molar-refractivity contribution in [2.75, 3.05) is 11.5 Å². The lowest BCUT2D eigenvalue weighted by Gasteiger charge is -2.24. The molecular weight excluding hydrogens is 516 g/mol. The number of aromatic amines is 2. The third kappa shape index (κ3) is 4.10. The summed E-state index contributed by atoms with van der Waals surface area (Å²) in [5.41, 5.74) is 25.1. The Morgan fingerprint density at radius 1 is 0.548 bits per heavy atom. The Bertz CT molecular complexity index is 1810. The van der Waals surface area contributed by atoms with Gasteiger partial charge in [0.05, 0.1) is 22.8 Å². The molecular formula is C36H34N6. The van der Waals surface area contributed by atoms with Crippen molar-refractivity contribution in [3.05, 3.63) is 142 Å². The topological polar surface area (TPSA) is 108 Å². The third-order valence-corrected chi connectivity index (χ3v) is 8.68. The van der Waals surface area contributed by atoms with Crippen molar-refractivity contribution in [3.63, 3.8) is 0 Å². The number of hydrogen-bond acceptors (Lipinski definition) is 4. The quantitative estimate of drug-likeness (QED) is 0.195. The van der Waals surface area contributed by atoms with E-state index in [1.807, 2.05) is 36.4 Å². The van der Waals surface area contributed by atoms with Gasteiger partial charge in [0.25, 0.3) is 0 Å². The zero-order chi connectivity index (χ0) is 29.2. The maximum Gasteiger partial charge on any atom is 0.0733 e. The number of aliphatic imine (C=N–C) groups is 2. The number of hydrogen-bond donors (Lipinski definition) is 4. The summed E-state index contributed by atoms with van der Waals surface area (Å²) in [6.07, 6.45) is 8.43. The lowest BCUT2D eigenvalue weighted by molar-refractivity contribution is 0.602. The first-order valence-electron chi connectivity index (χ1n) is 14.3. The Morgan fingerprint density at radius 3 is 1.43 bits per heavy atom. The van der Waals surface area contributed by atoms with Crippen LogP contribution in [0.1, 0.15) is 61.6 Å². The molecule has 0 spiro atoms. The monoisotopic (exact) mass is 550 g/mol. The molecule has 6 N–H and O–H groups in total. The van der Waals surface area contributed by atoms with E-state index < -0.39 is 5.41 Å². The Morgan fingerprint density at radius 2 is 1.00 bits per heavy atom. The van der Waals surface area contributed by atoms with Crippen LogP contribution in [0.5, 0.6) is 0 Å². The minimum absolute atomic E-state index is 0.341. The molecule has 0 atom stereocenters. The first-order chi connectivity index (χ1) is 20.1. The summed E-state index contributed by atoms with van der Waals surface area (Å²) in [4.78, 5) is 17.9. The molecule has 0 radical (unpaired) electrons. The number of allylic oxidation sites excluding steroid dienone is 4. The highest BCUT2D eigenvalue weighted by molar-refractivity contribution is 6.22. The van der Waals surface area contributed by atoms with Gasteiger partial charge in [-0.3, -0.25) is 9.98 Å². The molecule has 0 amide bonds. The second kappa shape index (κ2) is 9.21. The van der Waals surface area contributed by atoms with Crippen molar-refractivity contribution in [2.45, 2.75) is 33.1 Å². The normalized spacial score (nSPS) is 21.9. The molecule has 0 fully saturated rings. The SMILES string of the molecule is CC1(C)C2=N/C(=C(/c3cccc(N)c3)c3ccc([nH]3)C(C)(C)c3ccc([nH]3)/C(c3cccc(N)c3)=C3/C=CC1=N3)C=C2. The van der Waals surface area contributed by atoms with Crippen LogP contribution in [-0.2, 0) is 5.41 Å². The van der Waals surface area contributed by atoms with Gasteiger partial charge in [-0.1, -0.05) is 24.3 Å². The van der Waals surface area contributed by atoms with Gasteiger partial charge in [-0.2, -0.15) is 0 Å². The number of nitrogen functional groups attached to an aromatic ring is 2. The van der Waals surface area contributed by atoms with Gasteiger partial charge in [-0.25, -0.2) is 0 Å². The van der Waals surface area contributed by atoms with E-state index >= 15 is 0 Å². The van der Waals surface area contributed by atoms with Gasteiger partial charge in [0.15, 0.2) is 0 Å². The van der Waals surface area contributed by atoms with Crippen molar-refractivity contribution in [1.29, 1.82) is 0 Å². The first kappa shape index (κ1) is 25.8. The van der Waals surface area contributed by atoms with E-state index in [9.17, 15) is 0 Å². The largest absolute Gasteiger partial charge is 0.399 e. The minimum atomic E-state index is -0.432. The summed E-state index contributed by atoms with van der Waals surface area (Å²) in [5.74, 6) is 0. The van der Waals surface area contributed by atoms with Gasteiger partial charge in [0, 0.05) is 56.1 Å². The number of nitrogens with two attached hydrogens (primary N) is 2. The number of nitrogens with one attached hydrogen (secondary N) is 2. The van der Waals surface area contributed by atoms with Gasteiger partial charge in [-0.15, -0.1) is 0 Å². The number of nitrogens with zero attached hydrogens (tertiary/aromatic N) is 2. The highest BCUT2D eigenvalue weighted by atomic mass is 14.9. The van der Waals surface area contributed by atoms with Crippen LogP contribution in [0, 0.1) is 5.41 Å². The summed E-state index contributed by atoms with van der Waals surface area (Å²) in [6.45, 7) is 8.80. The van der Waals surface area contributed by atoms with Gasteiger partial charge in [0.1, 0.15) is 0 Å². The Kier molecular flexibility index (Phi) is 5.67. The molecule has 0 saturated heterocycles. The molecule has 0 unspecified atom stereocenters. The summed E-state index contributed by atoms with van der Waals surface area (Å²) in [5, 5.41) is 0. The molecule has 42 heavy (non-hydrogen) atoms. The zero-order valence-corrected chi connectivity index (χ0v) is 24.3. The van der Waals surface area contributed by atoms with Crippen LogP contribution in [0.3, 0.4) is 0 Å². The van der Waals surface area contributed by atoms with Crippen LogP contribution in [0.25, 0.3) is 11.1 Å². The molecule has 3 aliphatic rings. The maximum absolute atomic E-state index is 6.25. The molecule has 3 aliphatic heterocycles. The summed E-state index contributed by atoms with van der Waals surface area (Å²) in [6, 6.07) is 24.6. The molecule has 208 valence electrons. The van der Waals surface area contributed by atoms with Crippen molar-refractivity contribution >= 4 is 33.9 Å². The molecule has 0 aliphatic carbocycles. The maximum atomic E-state index is 6.25. The van der Waals surface area contributed by atoms with Crippen LogP contribution in [-0.4, -0.2) is 21.4 Å². The van der Waals surface area contributed by atoms with E-state index in [0.717, 1.165) is 67.9 Å². The van der Waals surface area contributed by atoms with Crippen molar-refractivity contribution < 1.29 is 0 Å². The predicted octanol–water partition coefficient (Wildman–Crippen LogP) is 7.41. The van der Waals surface area contributed by atoms with Crippen molar-refractivity contribution in [2.24, 2.45) is 15.4 Å². The second-order valence-corrected chi connectivity index (χ2v) is 12.3. The highest BCUT2D eigenvalue weighted by Crippen LogP contribution is 2.40. The molecule has 0 saturated carbocycles. The van der Waals surface area contributed by atoms with Crippen molar-refractivity contribution in [3.8, 4) is 0 Å². The number of rotatable bonds is 2. The van der Waals surface area contributed by atoms with Crippen molar-refractivity contribution in [1.82, 2.24) is 9.97 Å². The molecule has 4 aromatic rings.